The van der Waals surface area contributed by atoms with Crippen LogP contribution in [0.2, 0.25) is 0 Å². The molecule has 0 aliphatic heterocycles. The van der Waals surface area contributed by atoms with Crippen molar-refractivity contribution in [2.45, 2.75) is 5.92 Å². The zero-order valence-electron chi connectivity index (χ0n) is 11.6. The Morgan fingerprint density at radius 2 is 1.71 bits per heavy atom. The third-order valence-electron chi connectivity index (χ3n) is 3.20. The van der Waals surface area contributed by atoms with E-state index < -0.39 is 11.8 Å². The fraction of sp³-hybridized carbons (Fsp3) is 0.118. The van der Waals surface area contributed by atoms with Crippen molar-refractivity contribution in [3.63, 3.8) is 0 Å². The summed E-state index contributed by atoms with van der Waals surface area (Å²) < 4.78 is 0. The van der Waals surface area contributed by atoms with E-state index in [1.54, 1.807) is 11.6 Å². The van der Waals surface area contributed by atoms with Crippen LogP contribution in [0.3, 0.4) is 0 Å². The Labute approximate surface area is 124 Å². The van der Waals surface area contributed by atoms with Crippen molar-refractivity contribution < 1.29 is 10.0 Å². The summed E-state index contributed by atoms with van der Waals surface area (Å²) in [5, 5.41) is 12.2. The Kier molecular flexibility index (Phi) is 5.12. The third kappa shape index (κ3) is 3.70. The highest BCUT2D eigenvalue weighted by molar-refractivity contribution is 5.86. The summed E-state index contributed by atoms with van der Waals surface area (Å²) in [6, 6.07) is 16.9. The van der Waals surface area contributed by atoms with Crippen molar-refractivity contribution in [1.29, 1.82) is 0 Å². The number of carbonyl (C=O) groups is 1. The lowest BCUT2D eigenvalue weighted by atomic mass is 9.90. The van der Waals surface area contributed by atoms with Gasteiger partial charge in [0.15, 0.2) is 0 Å². The fourth-order valence-corrected chi connectivity index (χ4v) is 2.19. The summed E-state index contributed by atoms with van der Waals surface area (Å²) in [5.41, 5.74) is 4.34. The molecule has 0 fully saturated rings. The Balaban J connectivity index is 2.29. The molecular weight excluding hydrogens is 264 g/mol. The van der Waals surface area contributed by atoms with Gasteiger partial charge in [0.05, 0.1) is 5.92 Å². The molecule has 108 valence electrons. The highest BCUT2D eigenvalue weighted by atomic mass is 16.5. The lowest BCUT2D eigenvalue weighted by molar-refractivity contribution is -0.129. The molecular formula is C17H18N2O2. The second-order valence-corrected chi connectivity index (χ2v) is 4.61. The first-order valence-corrected chi connectivity index (χ1v) is 6.70. The first-order valence-electron chi connectivity index (χ1n) is 6.70. The number of rotatable bonds is 6. The number of hydroxylamine groups is 1. The second-order valence-electron chi connectivity index (χ2n) is 4.61. The maximum atomic E-state index is 12.0. The molecule has 21 heavy (non-hydrogen) atoms. The lowest BCUT2D eigenvalue weighted by Gasteiger charge is -2.16. The molecule has 4 nitrogen and oxygen atoms in total. The van der Waals surface area contributed by atoms with Gasteiger partial charge >= 0.3 is 0 Å². The van der Waals surface area contributed by atoms with Crippen LogP contribution in [-0.4, -0.2) is 17.7 Å². The summed E-state index contributed by atoms with van der Waals surface area (Å²) in [6.45, 7) is 4.33. The molecule has 1 amide bonds. The number of carbonyl (C=O) groups excluding carboxylic acids is 1. The van der Waals surface area contributed by atoms with Gasteiger partial charge in [0.25, 0.3) is 5.91 Å². The van der Waals surface area contributed by atoms with Gasteiger partial charge in [-0.2, -0.15) is 0 Å². The summed E-state index contributed by atoms with van der Waals surface area (Å²) >= 11 is 0. The first-order chi connectivity index (χ1) is 10.3. The zero-order chi connectivity index (χ0) is 15.1. The van der Waals surface area contributed by atoms with E-state index in [1.807, 2.05) is 54.6 Å². The van der Waals surface area contributed by atoms with E-state index in [9.17, 15) is 4.79 Å². The first kappa shape index (κ1) is 14.8. The summed E-state index contributed by atoms with van der Waals surface area (Å²) in [7, 11) is 0. The number of hydrogen-bond acceptors (Lipinski definition) is 3. The highest BCUT2D eigenvalue weighted by Crippen LogP contribution is 2.26. The Morgan fingerprint density at radius 3 is 2.29 bits per heavy atom. The molecule has 2 rings (SSSR count). The average molecular weight is 282 g/mol. The maximum Gasteiger partial charge on any atom is 0.255 e. The summed E-state index contributed by atoms with van der Waals surface area (Å²) in [4.78, 5) is 12.0. The van der Waals surface area contributed by atoms with E-state index in [2.05, 4.69) is 11.9 Å². The van der Waals surface area contributed by atoms with E-state index in [0.717, 1.165) is 16.8 Å². The number of anilines is 1. The van der Waals surface area contributed by atoms with Crippen LogP contribution >= 0.6 is 0 Å². The minimum absolute atomic E-state index is 0.451. The van der Waals surface area contributed by atoms with Gasteiger partial charge in [-0.3, -0.25) is 10.0 Å². The van der Waals surface area contributed by atoms with Gasteiger partial charge in [-0.15, -0.1) is 6.58 Å². The second kappa shape index (κ2) is 7.26. The monoisotopic (exact) mass is 282 g/mol. The van der Waals surface area contributed by atoms with Gasteiger partial charge in [-0.1, -0.05) is 48.5 Å². The smallest absolute Gasteiger partial charge is 0.255 e. The largest absolute Gasteiger partial charge is 0.382 e. The number of benzene rings is 2. The summed E-state index contributed by atoms with van der Waals surface area (Å²) in [5.74, 6) is -0.988. The van der Waals surface area contributed by atoms with Crippen molar-refractivity contribution in [3.05, 3.63) is 78.4 Å². The molecule has 0 spiro atoms. The molecule has 4 heteroatoms. The Morgan fingerprint density at radius 1 is 1.10 bits per heavy atom. The van der Waals surface area contributed by atoms with Crippen LogP contribution < -0.4 is 10.8 Å². The van der Waals surface area contributed by atoms with Gasteiger partial charge in [-0.05, 0) is 23.3 Å². The molecule has 0 radical (unpaired) electrons. The molecule has 3 N–H and O–H groups in total. The standard InChI is InChI=1S/C17H18N2O2/c1-2-12-18-15-10-8-14(9-11-15)16(17(20)19-21)13-6-4-3-5-7-13/h2-11,16,18,21H,1,12H2,(H,19,20). The van der Waals surface area contributed by atoms with E-state index in [0.29, 0.717) is 6.54 Å². The van der Waals surface area contributed by atoms with Crippen molar-refractivity contribution in [3.8, 4) is 0 Å². The van der Waals surface area contributed by atoms with Crippen LogP contribution in [0.5, 0.6) is 0 Å². The topological polar surface area (TPSA) is 61.4 Å². The molecule has 0 heterocycles. The summed E-state index contributed by atoms with van der Waals surface area (Å²) in [6.07, 6.45) is 1.78. The van der Waals surface area contributed by atoms with E-state index in [1.165, 1.54) is 0 Å². The van der Waals surface area contributed by atoms with Crippen LogP contribution in [0.4, 0.5) is 5.69 Å². The predicted octanol–water partition coefficient (Wildman–Crippen LogP) is 2.92. The van der Waals surface area contributed by atoms with Crippen LogP contribution in [-0.2, 0) is 4.79 Å². The molecule has 2 aromatic carbocycles. The molecule has 0 aromatic heterocycles. The molecule has 1 atom stereocenters. The Bertz CT molecular complexity index is 594. The minimum atomic E-state index is -0.537. The van der Waals surface area contributed by atoms with Gasteiger partial charge < -0.3 is 5.32 Å². The number of hydrogen-bond donors (Lipinski definition) is 3. The zero-order valence-corrected chi connectivity index (χ0v) is 11.6. The van der Waals surface area contributed by atoms with Gasteiger partial charge in [0.2, 0.25) is 0 Å². The van der Waals surface area contributed by atoms with Gasteiger partial charge in [0.1, 0.15) is 0 Å². The van der Waals surface area contributed by atoms with E-state index in [-0.39, 0.29) is 0 Å². The average Bonchev–Trinajstić information content (AvgIpc) is 2.55. The third-order valence-corrected chi connectivity index (χ3v) is 3.20. The van der Waals surface area contributed by atoms with Crippen LogP contribution in [0.25, 0.3) is 0 Å². The maximum absolute atomic E-state index is 12.0. The fourth-order valence-electron chi connectivity index (χ4n) is 2.19. The molecule has 0 aliphatic rings. The Hall–Kier alpha value is -2.59. The van der Waals surface area contributed by atoms with Crippen molar-refractivity contribution in [2.24, 2.45) is 0 Å². The van der Waals surface area contributed by atoms with Crippen LogP contribution in [0, 0.1) is 0 Å². The quantitative estimate of drug-likeness (QED) is 0.434. The van der Waals surface area contributed by atoms with E-state index >= 15 is 0 Å². The molecule has 0 saturated carbocycles. The molecule has 0 bridgehead atoms. The van der Waals surface area contributed by atoms with Crippen molar-refractivity contribution in [1.82, 2.24) is 5.48 Å². The molecule has 0 aliphatic carbocycles. The van der Waals surface area contributed by atoms with Crippen LogP contribution in [0.15, 0.2) is 67.3 Å². The molecule has 1 unspecified atom stereocenters. The normalized spacial score (nSPS) is 11.5. The van der Waals surface area contributed by atoms with Crippen LogP contribution in [0.1, 0.15) is 17.0 Å². The van der Waals surface area contributed by atoms with Gasteiger partial charge in [0, 0.05) is 12.2 Å². The minimum Gasteiger partial charge on any atom is -0.382 e. The number of amides is 1. The molecule has 2 aromatic rings. The highest BCUT2D eigenvalue weighted by Gasteiger charge is 2.22. The van der Waals surface area contributed by atoms with E-state index in [4.69, 9.17) is 5.21 Å². The van der Waals surface area contributed by atoms with Crippen molar-refractivity contribution >= 4 is 11.6 Å². The number of nitrogens with one attached hydrogen (secondary N) is 2. The molecule has 0 saturated heterocycles. The van der Waals surface area contributed by atoms with Gasteiger partial charge in [-0.25, -0.2) is 5.48 Å². The lowest BCUT2D eigenvalue weighted by Crippen LogP contribution is -2.27. The SMILES string of the molecule is C=CCNc1ccc(C(C(=O)NO)c2ccccc2)cc1. The predicted molar refractivity (Wildman–Crippen MR) is 83.3 cm³/mol. The van der Waals surface area contributed by atoms with Crippen molar-refractivity contribution in [2.75, 3.05) is 11.9 Å².